The predicted octanol–water partition coefficient (Wildman–Crippen LogP) is 1.63. The summed E-state index contributed by atoms with van der Waals surface area (Å²) in [5, 5.41) is 8.89. The zero-order valence-corrected chi connectivity index (χ0v) is 11.4. The lowest BCUT2D eigenvalue weighted by Gasteiger charge is -2.34. The Kier molecular flexibility index (Phi) is 4.90. The number of amides is 1. The fourth-order valence-corrected chi connectivity index (χ4v) is 3.25. The summed E-state index contributed by atoms with van der Waals surface area (Å²) in [6.45, 7) is 0.646. The first-order valence-electron chi connectivity index (χ1n) is 6.27. The van der Waals surface area contributed by atoms with E-state index in [-0.39, 0.29) is 18.4 Å². The van der Waals surface area contributed by atoms with E-state index >= 15 is 0 Å². The van der Waals surface area contributed by atoms with Crippen molar-refractivity contribution in [3.8, 4) is 0 Å². The molecule has 1 aliphatic heterocycles. The van der Waals surface area contributed by atoms with Crippen molar-refractivity contribution < 1.29 is 19.1 Å². The minimum absolute atomic E-state index is 0.0322. The van der Waals surface area contributed by atoms with Crippen LogP contribution in [-0.4, -0.2) is 46.0 Å². The van der Waals surface area contributed by atoms with E-state index in [1.54, 1.807) is 29.2 Å². The van der Waals surface area contributed by atoms with Gasteiger partial charge in [-0.3, -0.25) is 9.59 Å². The van der Waals surface area contributed by atoms with Crippen LogP contribution < -0.4 is 0 Å². The highest BCUT2D eigenvalue weighted by atomic mass is 32.2. The third kappa shape index (κ3) is 4.02. The van der Waals surface area contributed by atoms with Gasteiger partial charge in [0, 0.05) is 24.5 Å². The number of rotatable bonds is 5. The van der Waals surface area contributed by atoms with Gasteiger partial charge in [0.15, 0.2) is 0 Å². The molecule has 5 nitrogen and oxygen atoms in total. The number of aliphatic carboxylic acids is 1. The standard InChI is InChI=1S/C13H17NO4S/c15-12(2-1-10-3-5-18-8-10)14-4-6-19-9-11(14)7-13(16)17/h3,5,8,11H,1-2,4,6-7,9H2,(H,16,17). The third-order valence-corrected chi connectivity index (χ3v) is 4.26. The molecular formula is C13H17NO4S. The Morgan fingerprint density at radius 2 is 2.37 bits per heavy atom. The summed E-state index contributed by atoms with van der Waals surface area (Å²) in [6, 6.07) is 1.67. The molecule has 2 heterocycles. The summed E-state index contributed by atoms with van der Waals surface area (Å²) in [5.41, 5.74) is 0.995. The van der Waals surface area contributed by atoms with Gasteiger partial charge in [0.25, 0.3) is 0 Å². The maximum absolute atomic E-state index is 12.2. The van der Waals surface area contributed by atoms with Gasteiger partial charge in [-0.25, -0.2) is 0 Å². The summed E-state index contributed by atoms with van der Waals surface area (Å²) >= 11 is 1.71. The summed E-state index contributed by atoms with van der Waals surface area (Å²) in [7, 11) is 0. The van der Waals surface area contributed by atoms with Crippen LogP contribution in [0.2, 0.25) is 0 Å². The molecule has 1 atom stereocenters. The molecule has 1 aromatic rings. The smallest absolute Gasteiger partial charge is 0.305 e. The van der Waals surface area contributed by atoms with Gasteiger partial charge in [0.1, 0.15) is 0 Å². The lowest BCUT2D eigenvalue weighted by molar-refractivity contribution is -0.140. The van der Waals surface area contributed by atoms with E-state index in [1.165, 1.54) is 0 Å². The fraction of sp³-hybridized carbons (Fsp3) is 0.538. The van der Waals surface area contributed by atoms with Crippen LogP contribution >= 0.6 is 11.8 Å². The van der Waals surface area contributed by atoms with Crippen molar-refractivity contribution in [2.45, 2.75) is 25.3 Å². The monoisotopic (exact) mass is 283 g/mol. The Hall–Kier alpha value is -1.43. The van der Waals surface area contributed by atoms with Crippen LogP contribution in [-0.2, 0) is 16.0 Å². The van der Waals surface area contributed by atoms with E-state index in [0.29, 0.717) is 25.1 Å². The van der Waals surface area contributed by atoms with E-state index in [1.807, 2.05) is 6.07 Å². The topological polar surface area (TPSA) is 70.8 Å². The van der Waals surface area contributed by atoms with Gasteiger partial charge in [0.2, 0.25) is 5.91 Å². The highest BCUT2D eigenvalue weighted by molar-refractivity contribution is 7.99. The number of hydrogen-bond donors (Lipinski definition) is 1. The fourth-order valence-electron chi connectivity index (χ4n) is 2.18. The van der Waals surface area contributed by atoms with Crippen molar-refractivity contribution in [1.29, 1.82) is 0 Å². The number of carboxylic acids is 1. The summed E-state index contributed by atoms with van der Waals surface area (Å²) in [5.74, 6) is 0.782. The number of thioether (sulfide) groups is 1. The summed E-state index contributed by atoms with van der Waals surface area (Å²) < 4.78 is 4.96. The van der Waals surface area contributed by atoms with Crippen molar-refractivity contribution in [2.75, 3.05) is 18.1 Å². The molecule has 19 heavy (non-hydrogen) atoms. The van der Waals surface area contributed by atoms with Crippen LogP contribution in [0.4, 0.5) is 0 Å². The normalized spacial score (nSPS) is 19.4. The van der Waals surface area contributed by atoms with Crippen molar-refractivity contribution in [3.05, 3.63) is 24.2 Å². The van der Waals surface area contributed by atoms with Crippen LogP contribution in [0.25, 0.3) is 0 Å². The maximum Gasteiger partial charge on any atom is 0.305 e. The third-order valence-electron chi connectivity index (χ3n) is 3.17. The van der Waals surface area contributed by atoms with Gasteiger partial charge < -0.3 is 14.4 Å². The highest BCUT2D eigenvalue weighted by Gasteiger charge is 2.28. The van der Waals surface area contributed by atoms with Crippen molar-refractivity contribution in [1.82, 2.24) is 4.90 Å². The molecule has 0 spiro atoms. The molecule has 1 saturated heterocycles. The van der Waals surface area contributed by atoms with Crippen molar-refractivity contribution in [2.24, 2.45) is 0 Å². The minimum Gasteiger partial charge on any atom is -0.481 e. The van der Waals surface area contributed by atoms with E-state index in [4.69, 9.17) is 9.52 Å². The second-order valence-electron chi connectivity index (χ2n) is 4.55. The quantitative estimate of drug-likeness (QED) is 0.889. The minimum atomic E-state index is -0.847. The Balaban J connectivity index is 1.89. The number of nitrogens with zero attached hydrogens (tertiary/aromatic N) is 1. The molecule has 1 fully saturated rings. The molecule has 0 saturated carbocycles. The number of aryl methyl sites for hydroxylation is 1. The van der Waals surface area contributed by atoms with Gasteiger partial charge >= 0.3 is 5.97 Å². The first-order valence-corrected chi connectivity index (χ1v) is 7.42. The lowest BCUT2D eigenvalue weighted by Crippen LogP contribution is -2.47. The summed E-state index contributed by atoms with van der Waals surface area (Å²) in [6.07, 6.45) is 4.29. The first-order chi connectivity index (χ1) is 9.16. The average molecular weight is 283 g/mol. The molecule has 1 aliphatic rings. The number of hydrogen-bond acceptors (Lipinski definition) is 4. The Bertz CT molecular complexity index is 432. The van der Waals surface area contributed by atoms with Crippen LogP contribution in [0.5, 0.6) is 0 Å². The van der Waals surface area contributed by atoms with Crippen LogP contribution in [0.1, 0.15) is 18.4 Å². The molecule has 0 radical (unpaired) electrons. The number of carboxylic acid groups (broad SMARTS) is 1. The molecule has 1 aromatic heterocycles. The highest BCUT2D eigenvalue weighted by Crippen LogP contribution is 2.20. The molecule has 1 unspecified atom stereocenters. The van der Waals surface area contributed by atoms with Gasteiger partial charge in [0.05, 0.1) is 25.0 Å². The van der Waals surface area contributed by atoms with E-state index in [0.717, 1.165) is 11.3 Å². The van der Waals surface area contributed by atoms with Crippen molar-refractivity contribution in [3.63, 3.8) is 0 Å². The van der Waals surface area contributed by atoms with Crippen LogP contribution in [0, 0.1) is 0 Å². The first kappa shape index (κ1) is 14.0. The predicted molar refractivity (Wildman–Crippen MR) is 72.1 cm³/mol. The molecular weight excluding hydrogens is 266 g/mol. The molecule has 0 bridgehead atoms. The van der Waals surface area contributed by atoms with Gasteiger partial charge in [-0.1, -0.05) is 0 Å². The van der Waals surface area contributed by atoms with Crippen LogP contribution in [0.15, 0.2) is 23.0 Å². The van der Waals surface area contributed by atoms with Gasteiger partial charge in [-0.2, -0.15) is 11.8 Å². The molecule has 1 N–H and O–H groups in total. The van der Waals surface area contributed by atoms with E-state index in [9.17, 15) is 9.59 Å². The van der Waals surface area contributed by atoms with Crippen molar-refractivity contribution >= 4 is 23.6 Å². The summed E-state index contributed by atoms with van der Waals surface area (Å²) in [4.78, 5) is 24.7. The number of carbonyl (C=O) groups excluding carboxylic acids is 1. The van der Waals surface area contributed by atoms with Crippen LogP contribution in [0.3, 0.4) is 0 Å². The zero-order chi connectivity index (χ0) is 13.7. The zero-order valence-electron chi connectivity index (χ0n) is 10.6. The van der Waals surface area contributed by atoms with E-state index < -0.39 is 5.97 Å². The average Bonchev–Trinajstić information content (AvgIpc) is 2.89. The molecule has 0 aromatic carbocycles. The largest absolute Gasteiger partial charge is 0.481 e. The Labute approximate surface area is 116 Å². The van der Waals surface area contributed by atoms with E-state index in [2.05, 4.69) is 0 Å². The Morgan fingerprint density at radius 3 is 3.05 bits per heavy atom. The SMILES string of the molecule is O=C(O)CC1CSCCN1C(=O)CCc1ccoc1. The molecule has 6 heteroatoms. The maximum atomic E-state index is 12.2. The molecule has 104 valence electrons. The lowest BCUT2D eigenvalue weighted by atomic mass is 10.1. The Morgan fingerprint density at radius 1 is 1.53 bits per heavy atom. The molecule has 2 rings (SSSR count). The second-order valence-corrected chi connectivity index (χ2v) is 5.70. The second kappa shape index (κ2) is 6.65. The number of carbonyl (C=O) groups is 2. The van der Waals surface area contributed by atoms with Gasteiger partial charge in [-0.05, 0) is 18.1 Å². The number of furan rings is 1. The van der Waals surface area contributed by atoms with Gasteiger partial charge in [-0.15, -0.1) is 0 Å². The molecule has 1 amide bonds. The molecule has 0 aliphatic carbocycles.